The number of ketones is 1. The largest absolute Gasteiger partial charge is 0.380 e. The second-order valence-electron chi connectivity index (χ2n) is 5.81. The molecule has 0 saturated carbocycles. The Morgan fingerprint density at radius 3 is 2.32 bits per heavy atom. The third kappa shape index (κ3) is 7.44. The van der Waals surface area contributed by atoms with E-state index in [4.69, 9.17) is 8.37 Å². The van der Waals surface area contributed by atoms with Gasteiger partial charge in [-0.15, -0.1) is 10.3 Å². The second kappa shape index (κ2) is 9.90. The first-order chi connectivity index (χ1) is 10.4. The molecule has 0 spiro atoms. The lowest BCUT2D eigenvalue weighted by Gasteiger charge is -2.40. The second-order valence-corrected chi connectivity index (χ2v) is 10.9. The number of unbranched alkanes of at least 4 members (excludes halogenated alkanes) is 3. The Kier molecular flexibility index (Phi) is 8.97. The summed E-state index contributed by atoms with van der Waals surface area (Å²) in [5.74, 6) is 1.56. The van der Waals surface area contributed by atoms with E-state index in [1.165, 1.54) is 0 Å². The van der Waals surface area contributed by atoms with Gasteiger partial charge in [0.05, 0.1) is 24.7 Å². The van der Waals surface area contributed by atoms with Crippen LogP contribution in [0.5, 0.6) is 0 Å². The van der Waals surface area contributed by atoms with E-state index >= 15 is 0 Å². The highest BCUT2D eigenvalue weighted by molar-refractivity contribution is 8.33. The Balaban J connectivity index is 2.67. The van der Waals surface area contributed by atoms with Gasteiger partial charge in [-0.05, 0) is 12.8 Å². The Morgan fingerprint density at radius 2 is 1.73 bits per heavy atom. The van der Waals surface area contributed by atoms with Crippen molar-refractivity contribution < 1.29 is 21.6 Å². The van der Waals surface area contributed by atoms with Crippen LogP contribution in [-0.4, -0.2) is 50.4 Å². The lowest BCUT2D eigenvalue weighted by Crippen LogP contribution is -2.32. The lowest BCUT2D eigenvalue weighted by molar-refractivity contribution is -0.116. The molecule has 1 aliphatic heterocycles. The van der Waals surface area contributed by atoms with Gasteiger partial charge in [-0.1, -0.05) is 33.1 Å². The van der Waals surface area contributed by atoms with Gasteiger partial charge >= 0.3 is 0 Å². The van der Waals surface area contributed by atoms with Crippen LogP contribution >= 0.6 is 10.3 Å². The van der Waals surface area contributed by atoms with Crippen LogP contribution in [0.3, 0.4) is 0 Å². The SMILES string of the molecule is CCCCCC(=O)CS1(OS(=O)(=O)CCCC)CCOCC1. The summed E-state index contributed by atoms with van der Waals surface area (Å²) in [4.78, 5) is 12.2. The average Bonchev–Trinajstić information content (AvgIpc) is 2.45. The molecule has 0 radical (unpaired) electrons. The van der Waals surface area contributed by atoms with Crippen molar-refractivity contribution in [3.63, 3.8) is 0 Å². The summed E-state index contributed by atoms with van der Waals surface area (Å²) in [6, 6.07) is 0. The Morgan fingerprint density at radius 1 is 1.09 bits per heavy atom. The van der Waals surface area contributed by atoms with Crippen LogP contribution in [0.2, 0.25) is 0 Å². The van der Waals surface area contributed by atoms with Crippen LogP contribution in [0, 0.1) is 0 Å². The van der Waals surface area contributed by atoms with E-state index in [-0.39, 0.29) is 17.3 Å². The van der Waals surface area contributed by atoms with Crippen molar-refractivity contribution in [1.82, 2.24) is 0 Å². The number of hydrogen-bond acceptors (Lipinski definition) is 5. The zero-order valence-corrected chi connectivity index (χ0v) is 15.5. The minimum Gasteiger partial charge on any atom is -0.380 e. The summed E-state index contributed by atoms with van der Waals surface area (Å²) in [6.07, 6.45) is 4.92. The smallest absolute Gasteiger partial charge is 0.276 e. The lowest BCUT2D eigenvalue weighted by atomic mass is 10.2. The average molecular weight is 355 g/mol. The molecule has 1 rings (SSSR count). The van der Waals surface area contributed by atoms with E-state index in [1.54, 1.807) is 0 Å². The quantitative estimate of drug-likeness (QED) is 0.533. The van der Waals surface area contributed by atoms with Gasteiger partial charge in [-0.2, -0.15) is 8.42 Å². The fourth-order valence-electron chi connectivity index (χ4n) is 2.37. The molecule has 132 valence electrons. The van der Waals surface area contributed by atoms with Crippen molar-refractivity contribution in [2.75, 3.05) is 36.2 Å². The highest BCUT2D eigenvalue weighted by Gasteiger charge is 2.35. The first kappa shape index (κ1) is 19.9. The van der Waals surface area contributed by atoms with Crippen molar-refractivity contribution >= 4 is 26.2 Å². The maximum Gasteiger partial charge on any atom is 0.276 e. The van der Waals surface area contributed by atoms with Gasteiger partial charge in [0.2, 0.25) is 0 Å². The van der Waals surface area contributed by atoms with Crippen molar-refractivity contribution in [2.24, 2.45) is 0 Å². The first-order valence-corrected chi connectivity index (χ1v) is 11.9. The summed E-state index contributed by atoms with van der Waals surface area (Å²) in [5, 5.41) is 0. The molecule has 0 N–H and O–H groups in total. The summed E-state index contributed by atoms with van der Waals surface area (Å²) in [7, 11) is -5.43. The molecule has 0 amide bonds. The zero-order chi connectivity index (χ0) is 16.5. The predicted octanol–water partition coefficient (Wildman–Crippen LogP) is 3.03. The standard InChI is InChI=1S/C15H30O5S2/c1-3-5-7-8-15(16)14-21(12-9-19-10-13-21)20-22(17,18)11-6-4-2/h3-14H2,1-2H3. The van der Waals surface area contributed by atoms with Crippen LogP contribution in [0.25, 0.3) is 0 Å². The van der Waals surface area contributed by atoms with Gasteiger partial charge in [-0.25, -0.2) is 3.63 Å². The fraction of sp³-hybridized carbons (Fsp3) is 0.933. The molecule has 0 atom stereocenters. The molecular weight excluding hydrogens is 324 g/mol. The molecule has 1 heterocycles. The highest BCUT2D eigenvalue weighted by atomic mass is 32.3. The van der Waals surface area contributed by atoms with Gasteiger partial charge in [0.15, 0.2) is 0 Å². The molecule has 1 saturated heterocycles. The van der Waals surface area contributed by atoms with Crippen molar-refractivity contribution in [3.8, 4) is 0 Å². The summed E-state index contributed by atoms with van der Waals surface area (Å²) in [5.41, 5.74) is 0. The number of carbonyl (C=O) groups is 1. The molecule has 0 aromatic heterocycles. The van der Waals surface area contributed by atoms with Crippen LogP contribution in [0.15, 0.2) is 0 Å². The molecule has 7 heteroatoms. The summed E-state index contributed by atoms with van der Waals surface area (Å²) >= 11 is 0. The van der Waals surface area contributed by atoms with Crippen LogP contribution in [0.4, 0.5) is 0 Å². The third-order valence-electron chi connectivity index (χ3n) is 3.68. The first-order valence-electron chi connectivity index (χ1n) is 8.22. The zero-order valence-electron chi connectivity index (χ0n) is 13.8. The minimum absolute atomic E-state index is 0.0448. The molecule has 1 aliphatic rings. The Hall–Kier alpha value is -0.110. The summed E-state index contributed by atoms with van der Waals surface area (Å²) in [6.45, 7) is 5.02. The van der Waals surface area contributed by atoms with E-state index < -0.39 is 20.4 Å². The van der Waals surface area contributed by atoms with E-state index in [0.717, 1.165) is 25.7 Å². The normalized spacial score (nSPS) is 19.7. The van der Waals surface area contributed by atoms with Gasteiger partial charge in [0.1, 0.15) is 5.78 Å². The van der Waals surface area contributed by atoms with Crippen molar-refractivity contribution in [2.45, 2.75) is 52.4 Å². The minimum atomic E-state index is -3.54. The Bertz CT molecular complexity index is 427. The van der Waals surface area contributed by atoms with Gasteiger partial charge in [0.25, 0.3) is 10.1 Å². The maximum atomic E-state index is 12.2. The van der Waals surface area contributed by atoms with Gasteiger partial charge in [-0.3, -0.25) is 4.79 Å². The number of ether oxygens (including phenoxy) is 1. The predicted molar refractivity (Wildman–Crippen MR) is 91.9 cm³/mol. The van der Waals surface area contributed by atoms with E-state index in [1.807, 2.05) is 6.92 Å². The molecule has 0 aromatic rings. The maximum absolute atomic E-state index is 12.2. The molecular formula is C15H30O5S2. The number of hydrogen-bond donors (Lipinski definition) is 0. The molecule has 5 nitrogen and oxygen atoms in total. The van der Waals surface area contributed by atoms with Crippen molar-refractivity contribution in [1.29, 1.82) is 0 Å². The number of Topliss-reactive ketones (excluding diaryl/α,β-unsaturated/α-hetero) is 1. The number of rotatable bonds is 11. The third-order valence-corrected chi connectivity index (χ3v) is 9.12. The summed E-state index contributed by atoms with van der Waals surface area (Å²) < 4.78 is 35.2. The molecule has 0 unspecified atom stereocenters. The topological polar surface area (TPSA) is 69.7 Å². The van der Waals surface area contributed by atoms with E-state index in [2.05, 4.69) is 6.92 Å². The molecule has 0 aromatic carbocycles. The van der Waals surface area contributed by atoms with Crippen molar-refractivity contribution in [3.05, 3.63) is 0 Å². The van der Waals surface area contributed by atoms with Crippen LogP contribution in [-0.2, 0) is 23.3 Å². The fourth-order valence-corrected chi connectivity index (χ4v) is 7.85. The molecule has 22 heavy (non-hydrogen) atoms. The van der Waals surface area contributed by atoms with Crippen LogP contribution < -0.4 is 0 Å². The van der Waals surface area contributed by atoms with E-state index in [9.17, 15) is 13.2 Å². The molecule has 0 aliphatic carbocycles. The van der Waals surface area contributed by atoms with Crippen LogP contribution in [0.1, 0.15) is 52.4 Å². The number of carbonyl (C=O) groups excluding carboxylic acids is 1. The Labute approximate surface area is 136 Å². The van der Waals surface area contributed by atoms with Gasteiger partial charge in [0, 0.05) is 17.9 Å². The molecule has 1 fully saturated rings. The highest BCUT2D eigenvalue weighted by Crippen LogP contribution is 2.52. The molecule has 0 bridgehead atoms. The van der Waals surface area contributed by atoms with Gasteiger partial charge < -0.3 is 4.74 Å². The monoisotopic (exact) mass is 354 g/mol. The van der Waals surface area contributed by atoms with E-state index in [0.29, 0.717) is 37.6 Å².